The second-order valence-electron chi connectivity index (χ2n) is 7.49. The summed E-state index contributed by atoms with van der Waals surface area (Å²) in [4.78, 5) is 31.0. The van der Waals surface area contributed by atoms with Crippen molar-refractivity contribution in [1.29, 1.82) is 0 Å². The van der Waals surface area contributed by atoms with Crippen LogP contribution in [0.1, 0.15) is 24.1 Å². The molecule has 8 heteroatoms. The van der Waals surface area contributed by atoms with Crippen LogP contribution in [0.4, 0.5) is 0 Å². The van der Waals surface area contributed by atoms with Gasteiger partial charge in [0.15, 0.2) is 5.16 Å². The molecule has 1 aliphatic rings. The Labute approximate surface area is 179 Å². The molecule has 0 bridgehead atoms. The van der Waals surface area contributed by atoms with Gasteiger partial charge in [0.05, 0.1) is 29.2 Å². The number of carbonyl (C=O) groups is 2. The molecule has 0 unspecified atom stereocenters. The molecule has 0 radical (unpaired) electrons. The van der Waals surface area contributed by atoms with Gasteiger partial charge in [0, 0.05) is 18.7 Å². The normalized spacial score (nSPS) is 13.7. The quantitative estimate of drug-likeness (QED) is 0.617. The number of likely N-dealkylation sites (tertiary alicyclic amines) is 1. The largest absolute Gasteiger partial charge is 0.346 e. The van der Waals surface area contributed by atoms with Crippen LogP contribution in [0.15, 0.2) is 41.6 Å². The fourth-order valence-corrected chi connectivity index (χ4v) is 4.50. The lowest BCUT2D eigenvalue weighted by Gasteiger charge is -2.15. The average molecular weight is 424 g/mol. The first-order valence-electron chi connectivity index (χ1n) is 10.1. The van der Waals surface area contributed by atoms with Gasteiger partial charge in [0.25, 0.3) is 0 Å². The molecule has 156 valence electrons. The molecule has 30 heavy (non-hydrogen) atoms. The first kappa shape index (κ1) is 20.4. The maximum atomic E-state index is 12.3. The first-order valence-corrected chi connectivity index (χ1v) is 11.1. The number of nitrogens with one attached hydrogen (secondary N) is 1. The summed E-state index contributed by atoms with van der Waals surface area (Å²) >= 11 is 1.33. The van der Waals surface area contributed by atoms with Gasteiger partial charge in [-0.15, -0.1) is 0 Å². The molecule has 1 aliphatic heterocycles. The highest BCUT2D eigenvalue weighted by Crippen LogP contribution is 2.30. The van der Waals surface area contributed by atoms with Gasteiger partial charge in [0.1, 0.15) is 0 Å². The van der Waals surface area contributed by atoms with Crippen LogP contribution >= 0.6 is 11.8 Å². The third-order valence-electron chi connectivity index (χ3n) is 5.16. The van der Waals surface area contributed by atoms with Crippen molar-refractivity contribution >= 4 is 29.1 Å². The van der Waals surface area contributed by atoms with Crippen LogP contribution in [0.25, 0.3) is 16.8 Å². The number of nitrogens with zero attached hydrogens (tertiary/aromatic N) is 4. The fraction of sp³-hybridized carbons (Fsp3) is 0.364. The van der Waals surface area contributed by atoms with Crippen LogP contribution in [0.2, 0.25) is 0 Å². The number of thioether (sulfide) groups is 1. The summed E-state index contributed by atoms with van der Waals surface area (Å²) < 4.78 is 1.82. The zero-order chi connectivity index (χ0) is 21.1. The Morgan fingerprint density at radius 1 is 1.13 bits per heavy atom. The summed E-state index contributed by atoms with van der Waals surface area (Å²) in [5.74, 6) is -0.0266. The number of aryl methyl sites for hydroxylation is 2. The number of fused-ring (bicyclic) bond motifs is 1. The van der Waals surface area contributed by atoms with E-state index in [1.165, 1.54) is 11.8 Å². The van der Waals surface area contributed by atoms with Crippen LogP contribution < -0.4 is 5.32 Å². The molecule has 3 aromatic rings. The van der Waals surface area contributed by atoms with Crippen molar-refractivity contribution in [2.24, 2.45) is 0 Å². The number of hydrogen-bond donors (Lipinski definition) is 1. The zero-order valence-electron chi connectivity index (χ0n) is 17.2. The van der Waals surface area contributed by atoms with E-state index in [2.05, 4.69) is 10.4 Å². The number of amides is 2. The summed E-state index contributed by atoms with van der Waals surface area (Å²) in [6.45, 7) is 5.61. The lowest BCUT2D eigenvalue weighted by molar-refractivity contribution is -0.131. The number of aromatic nitrogens is 3. The minimum atomic E-state index is -0.185. The van der Waals surface area contributed by atoms with E-state index < -0.39 is 0 Å². The Balaban J connectivity index is 1.50. The molecule has 0 saturated carbocycles. The van der Waals surface area contributed by atoms with E-state index >= 15 is 0 Å². The summed E-state index contributed by atoms with van der Waals surface area (Å²) in [6.07, 6.45) is 2.08. The Morgan fingerprint density at radius 3 is 2.60 bits per heavy atom. The number of carbonyl (C=O) groups excluding carboxylic acids is 2. The highest BCUT2D eigenvalue weighted by molar-refractivity contribution is 7.99. The van der Waals surface area contributed by atoms with Gasteiger partial charge in [-0.2, -0.15) is 5.10 Å². The van der Waals surface area contributed by atoms with E-state index in [-0.39, 0.29) is 24.1 Å². The fourth-order valence-electron chi connectivity index (χ4n) is 3.73. The number of benzene rings is 1. The Morgan fingerprint density at radius 2 is 1.87 bits per heavy atom. The van der Waals surface area contributed by atoms with Gasteiger partial charge in [-0.05, 0) is 38.3 Å². The SMILES string of the molecule is Cc1cc(C)c2c(-c3ccccc3)nc(SCC(=O)NCC(=O)N3CCCC3)n2n1. The predicted octanol–water partition coefficient (Wildman–Crippen LogP) is 2.84. The summed E-state index contributed by atoms with van der Waals surface area (Å²) in [6, 6.07) is 12.0. The topological polar surface area (TPSA) is 79.6 Å². The molecule has 1 saturated heterocycles. The Kier molecular flexibility index (Phi) is 6.03. The second-order valence-corrected chi connectivity index (χ2v) is 8.43. The van der Waals surface area contributed by atoms with Gasteiger partial charge in [-0.25, -0.2) is 9.50 Å². The molecular weight excluding hydrogens is 398 g/mol. The number of hydrogen-bond acceptors (Lipinski definition) is 5. The standard InChI is InChI=1S/C22H25N5O2S/c1-15-12-16(2)25-27-21(15)20(17-8-4-3-5-9-17)24-22(27)30-14-18(28)23-13-19(29)26-10-6-7-11-26/h3-5,8-9,12H,6-7,10-11,13-14H2,1-2H3,(H,23,28). The van der Waals surface area contributed by atoms with Crippen molar-refractivity contribution in [1.82, 2.24) is 24.8 Å². The van der Waals surface area contributed by atoms with E-state index in [1.54, 1.807) is 4.90 Å². The highest BCUT2D eigenvalue weighted by Gasteiger charge is 2.20. The van der Waals surface area contributed by atoms with Crippen molar-refractivity contribution in [3.8, 4) is 11.3 Å². The van der Waals surface area contributed by atoms with Crippen LogP contribution in [-0.2, 0) is 9.59 Å². The van der Waals surface area contributed by atoms with Crippen LogP contribution in [-0.4, -0.2) is 56.7 Å². The smallest absolute Gasteiger partial charge is 0.241 e. The van der Waals surface area contributed by atoms with E-state index in [4.69, 9.17) is 4.98 Å². The van der Waals surface area contributed by atoms with Crippen LogP contribution in [0.5, 0.6) is 0 Å². The van der Waals surface area contributed by atoms with Crippen LogP contribution in [0, 0.1) is 13.8 Å². The lowest BCUT2D eigenvalue weighted by Crippen LogP contribution is -2.39. The Hall–Kier alpha value is -2.87. The van der Waals surface area contributed by atoms with Crippen molar-refractivity contribution in [2.45, 2.75) is 31.8 Å². The minimum Gasteiger partial charge on any atom is -0.346 e. The van der Waals surface area contributed by atoms with Gasteiger partial charge < -0.3 is 10.2 Å². The molecule has 7 nitrogen and oxygen atoms in total. The zero-order valence-corrected chi connectivity index (χ0v) is 18.0. The molecule has 0 aliphatic carbocycles. The van der Waals surface area contributed by atoms with Crippen molar-refractivity contribution in [3.05, 3.63) is 47.7 Å². The summed E-state index contributed by atoms with van der Waals surface area (Å²) in [5, 5.41) is 8.02. The summed E-state index contributed by atoms with van der Waals surface area (Å²) in [5.41, 5.74) is 4.78. The molecule has 0 spiro atoms. The third-order valence-corrected chi connectivity index (χ3v) is 6.09. The Bertz CT molecular complexity index is 1070. The van der Waals surface area contributed by atoms with Gasteiger partial charge in [-0.1, -0.05) is 42.1 Å². The van der Waals surface area contributed by atoms with E-state index in [0.717, 1.165) is 54.0 Å². The number of rotatable bonds is 6. The van der Waals surface area contributed by atoms with E-state index in [9.17, 15) is 9.59 Å². The summed E-state index contributed by atoms with van der Waals surface area (Å²) in [7, 11) is 0. The van der Waals surface area contributed by atoms with Gasteiger partial charge in [-0.3, -0.25) is 9.59 Å². The van der Waals surface area contributed by atoms with Crippen molar-refractivity contribution < 1.29 is 9.59 Å². The predicted molar refractivity (Wildman–Crippen MR) is 117 cm³/mol. The molecule has 4 rings (SSSR count). The number of imidazole rings is 1. The molecule has 0 atom stereocenters. The first-order chi connectivity index (χ1) is 14.5. The second kappa shape index (κ2) is 8.87. The third kappa shape index (κ3) is 4.33. The minimum absolute atomic E-state index is 0.0172. The van der Waals surface area contributed by atoms with Crippen LogP contribution in [0.3, 0.4) is 0 Å². The van der Waals surface area contributed by atoms with Gasteiger partial charge in [0.2, 0.25) is 11.8 Å². The molecule has 3 heterocycles. The average Bonchev–Trinajstić information content (AvgIpc) is 3.39. The maximum Gasteiger partial charge on any atom is 0.241 e. The molecule has 1 fully saturated rings. The molecule has 2 amide bonds. The monoisotopic (exact) mass is 423 g/mol. The lowest BCUT2D eigenvalue weighted by atomic mass is 10.1. The molecular formula is C22H25N5O2S. The van der Waals surface area contributed by atoms with E-state index in [1.807, 2.05) is 54.8 Å². The molecule has 1 N–H and O–H groups in total. The maximum absolute atomic E-state index is 12.3. The molecule has 2 aromatic heterocycles. The van der Waals surface area contributed by atoms with Gasteiger partial charge >= 0.3 is 0 Å². The van der Waals surface area contributed by atoms with Crippen molar-refractivity contribution in [2.75, 3.05) is 25.4 Å². The van der Waals surface area contributed by atoms with E-state index in [0.29, 0.717) is 5.16 Å². The van der Waals surface area contributed by atoms with Crippen molar-refractivity contribution in [3.63, 3.8) is 0 Å². The molecule has 1 aromatic carbocycles. The highest BCUT2D eigenvalue weighted by atomic mass is 32.2.